The van der Waals surface area contributed by atoms with E-state index < -0.39 is 16.8 Å². The van der Waals surface area contributed by atoms with Crippen LogP contribution >= 0.6 is 11.8 Å². The molecule has 9 nitrogen and oxygen atoms in total. The Hall–Kier alpha value is -2.95. The van der Waals surface area contributed by atoms with Gasteiger partial charge >= 0.3 is 5.51 Å². The average Bonchev–Trinajstić information content (AvgIpc) is 3.44. The van der Waals surface area contributed by atoms with E-state index in [0.717, 1.165) is 39.1 Å². The summed E-state index contributed by atoms with van der Waals surface area (Å²) in [6.45, 7) is 5.55. The van der Waals surface area contributed by atoms with E-state index in [0.29, 0.717) is 11.4 Å². The number of piperidine rings is 1. The maximum Gasteiger partial charge on any atom is 0.442 e. The third kappa shape index (κ3) is 5.87. The Bertz CT molecular complexity index is 1200. The highest BCUT2D eigenvalue weighted by molar-refractivity contribution is 8.01. The smallest absolute Gasteiger partial charge is 0.377 e. The van der Waals surface area contributed by atoms with Gasteiger partial charge < -0.3 is 15.4 Å². The van der Waals surface area contributed by atoms with E-state index in [4.69, 9.17) is 4.74 Å². The Labute approximate surface area is 223 Å². The second-order valence-corrected chi connectivity index (χ2v) is 11.2. The van der Waals surface area contributed by atoms with Crippen molar-refractivity contribution >= 4 is 23.4 Å². The van der Waals surface area contributed by atoms with Crippen molar-refractivity contribution in [2.24, 2.45) is 12.1 Å². The summed E-state index contributed by atoms with van der Waals surface area (Å²) < 4.78 is 47.3. The van der Waals surface area contributed by atoms with Crippen LogP contribution in [0.4, 0.5) is 13.2 Å². The number of fused-ring (bicyclic) bond motifs is 1. The first kappa shape index (κ1) is 26.6. The molecule has 13 heteroatoms. The predicted molar refractivity (Wildman–Crippen MR) is 138 cm³/mol. The maximum atomic E-state index is 13.5. The van der Waals surface area contributed by atoms with Gasteiger partial charge in [-0.05, 0) is 43.5 Å². The fourth-order valence-electron chi connectivity index (χ4n) is 5.00. The van der Waals surface area contributed by atoms with Crippen molar-refractivity contribution < 1.29 is 22.7 Å². The van der Waals surface area contributed by atoms with Crippen molar-refractivity contribution in [2.75, 3.05) is 32.8 Å². The molecule has 4 aliphatic heterocycles. The number of amides is 1. The lowest BCUT2D eigenvalue weighted by atomic mass is 9.93. The topological polar surface area (TPSA) is 87.0 Å². The van der Waals surface area contributed by atoms with Gasteiger partial charge in [-0.3, -0.25) is 14.4 Å². The van der Waals surface area contributed by atoms with E-state index in [1.54, 1.807) is 30.4 Å². The fraction of sp³-hybridized carbons (Fsp3) is 0.560. The summed E-state index contributed by atoms with van der Waals surface area (Å²) in [5.74, 6) is 5.85. The van der Waals surface area contributed by atoms with Gasteiger partial charge in [0.1, 0.15) is 11.5 Å². The van der Waals surface area contributed by atoms with Crippen LogP contribution in [-0.2, 0) is 11.8 Å². The van der Waals surface area contributed by atoms with Crippen LogP contribution in [0, 0.1) is 11.8 Å². The normalized spacial score (nSPS) is 25.0. The van der Waals surface area contributed by atoms with Crippen LogP contribution < -0.4 is 10.6 Å². The van der Waals surface area contributed by atoms with E-state index >= 15 is 0 Å². The van der Waals surface area contributed by atoms with Crippen LogP contribution in [0.3, 0.4) is 0 Å². The van der Waals surface area contributed by atoms with Crippen molar-refractivity contribution in [3.05, 3.63) is 42.0 Å². The van der Waals surface area contributed by atoms with Gasteiger partial charge in [-0.2, -0.15) is 23.4 Å². The summed E-state index contributed by atoms with van der Waals surface area (Å²) in [5.41, 5.74) is -3.84. The monoisotopic (exact) mass is 549 g/mol. The van der Waals surface area contributed by atoms with Gasteiger partial charge in [-0.1, -0.05) is 18.1 Å². The molecule has 2 fully saturated rings. The van der Waals surface area contributed by atoms with E-state index in [2.05, 4.69) is 44.5 Å². The molecule has 2 unspecified atom stereocenters. The molecule has 0 aromatic carbocycles. The number of hydrogen-bond donors (Lipinski definition) is 2. The lowest BCUT2D eigenvalue weighted by molar-refractivity contribution is -0.136. The van der Waals surface area contributed by atoms with Crippen LogP contribution in [0.2, 0.25) is 0 Å². The van der Waals surface area contributed by atoms with Crippen LogP contribution in [0.15, 0.2) is 41.5 Å². The fourth-order valence-corrected chi connectivity index (χ4v) is 5.85. The number of aryl methyl sites for hydroxylation is 1. The third-order valence-corrected chi connectivity index (χ3v) is 8.13. The number of allylic oxidation sites excluding steroid dienone is 2. The van der Waals surface area contributed by atoms with Gasteiger partial charge in [0.25, 0.3) is 5.91 Å². The second kappa shape index (κ2) is 10.7. The second-order valence-electron chi connectivity index (χ2n) is 10.0. The zero-order valence-corrected chi connectivity index (χ0v) is 22.0. The minimum Gasteiger partial charge on any atom is -0.377 e. The van der Waals surface area contributed by atoms with E-state index in [1.165, 1.54) is 10.9 Å². The van der Waals surface area contributed by atoms with E-state index in [9.17, 15) is 18.0 Å². The Morgan fingerprint density at radius 1 is 1.32 bits per heavy atom. The maximum absolute atomic E-state index is 13.5. The lowest BCUT2D eigenvalue weighted by Gasteiger charge is -2.50. The number of aromatic nitrogens is 2. The minimum absolute atomic E-state index is 0.0276. The number of carbonyl (C=O) groups is 1. The predicted octanol–water partition coefficient (Wildman–Crippen LogP) is 2.07. The molecule has 0 spiro atoms. The molecule has 0 radical (unpaired) electrons. The molecule has 0 aliphatic carbocycles. The average molecular weight is 550 g/mol. The highest BCUT2D eigenvalue weighted by Gasteiger charge is 2.46. The Morgan fingerprint density at radius 2 is 2.08 bits per heavy atom. The van der Waals surface area contributed by atoms with Crippen molar-refractivity contribution in [3.8, 4) is 11.8 Å². The van der Waals surface area contributed by atoms with Crippen molar-refractivity contribution in [2.45, 2.75) is 48.1 Å². The Kier molecular flexibility index (Phi) is 7.48. The molecule has 4 aliphatic rings. The number of hydrazone groups is 1. The zero-order valence-electron chi connectivity index (χ0n) is 21.2. The summed E-state index contributed by atoms with van der Waals surface area (Å²) in [4.78, 5) is 14.6. The number of carbonyl (C=O) groups excluding carboxylic acids is 1. The van der Waals surface area contributed by atoms with Crippen LogP contribution in [0.1, 0.15) is 30.1 Å². The molecule has 0 saturated carbocycles. The molecule has 2 N–H and O–H groups in total. The largest absolute Gasteiger partial charge is 0.442 e. The molecule has 0 bridgehead atoms. The highest BCUT2D eigenvalue weighted by atomic mass is 32.2. The van der Waals surface area contributed by atoms with Gasteiger partial charge in [-0.25, -0.2) is 5.01 Å². The summed E-state index contributed by atoms with van der Waals surface area (Å²) in [5, 5.41) is 15.2. The quantitative estimate of drug-likeness (QED) is 0.526. The number of rotatable bonds is 6. The molecular formula is C25H30F3N7O2S. The number of ether oxygens (including phenoxy) is 1. The molecular weight excluding hydrogens is 519 g/mol. The van der Waals surface area contributed by atoms with Crippen LogP contribution in [0.25, 0.3) is 0 Å². The Balaban J connectivity index is 1.24. The first-order valence-electron chi connectivity index (χ1n) is 12.5. The number of alkyl halides is 3. The number of nitrogens with one attached hydrogen (secondary N) is 2. The molecule has 204 valence electrons. The van der Waals surface area contributed by atoms with Gasteiger partial charge in [0.15, 0.2) is 0 Å². The number of halogens is 3. The number of nitrogens with zero attached hydrogens (tertiary/aromatic N) is 5. The third-order valence-electron chi connectivity index (χ3n) is 7.10. The molecule has 5 heterocycles. The molecule has 38 heavy (non-hydrogen) atoms. The summed E-state index contributed by atoms with van der Waals surface area (Å²) >= 11 is -0.116. The lowest BCUT2D eigenvalue weighted by Crippen LogP contribution is -2.62. The summed E-state index contributed by atoms with van der Waals surface area (Å²) in [6, 6.07) is -0.425. The van der Waals surface area contributed by atoms with Crippen LogP contribution in [-0.4, -0.2) is 92.5 Å². The minimum atomic E-state index is -4.45. The molecule has 1 aromatic heterocycles. The molecule has 2 atom stereocenters. The number of likely N-dealkylation sites (tertiary alicyclic amines) is 1. The molecule has 1 amide bonds. The number of hydrogen-bond acceptors (Lipinski definition) is 8. The van der Waals surface area contributed by atoms with Gasteiger partial charge in [0.2, 0.25) is 0 Å². The van der Waals surface area contributed by atoms with Crippen LogP contribution in [0.5, 0.6) is 0 Å². The molecule has 1 aromatic rings. The van der Waals surface area contributed by atoms with Gasteiger partial charge in [0, 0.05) is 32.4 Å². The van der Waals surface area contributed by atoms with Gasteiger partial charge in [0.05, 0.1) is 48.3 Å². The van der Waals surface area contributed by atoms with Gasteiger partial charge in [-0.15, -0.1) is 0 Å². The first-order valence-corrected chi connectivity index (χ1v) is 13.4. The zero-order chi connectivity index (χ0) is 26.9. The number of thioether (sulfide) groups is 1. The molecule has 5 rings (SSSR count). The van der Waals surface area contributed by atoms with E-state index in [1.807, 2.05) is 6.08 Å². The summed E-state index contributed by atoms with van der Waals surface area (Å²) in [7, 11) is 1.70. The molecule has 2 saturated heterocycles. The first-order chi connectivity index (χ1) is 18.1. The van der Waals surface area contributed by atoms with Crippen molar-refractivity contribution in [1.82, 2.24) is 30.3 Å². The van der Waals surface area contributed by atoms with Crippen molar-refractivity contribution in [3.63, 3.8) is 0 Å². The Morgan fingerprint density at radius 3 is 2.71 bits per heavy atom. The standard InChI is InChI=1S/C25H30F3N7O2S/c1-24(15-37-16-24)34-11-8-18(9-12-34)31-21-7-3-6-20-22(38-25(26,27)28)19(32-35(20)21)5-4-10-29-23(36)17-13-30-33(2)14-17/h3,6-7,13-14,18,20,22,31H,8-12,15-16H2,1-2H3,(H,29,36). The van der Waals surface area contributed by atoms with Crippen molar-refractivity contribution in [1.29, 1.82) is 0 Å². The highest BCUT2D eigenvalue weighted by Crippen LogP contribution is 2.41. The SMILES string of the molecule is Cn1cc(C(=O)NCC#CC2=NN3C(NC4CCN(C5(C)COC5)CC4)=CC=CC3C2SC(F)(F)F)cn1. The summed E-state index contributed by atoms with van der Waals surface area (Å²) in [6.07, 6.45) is 10.2. The van der Waals surface area contributed by atoms with E-state index in [-0.39, 0.29) is 41.5 Å².